The van der Waals surface area contributed by atoms with Crippen LogP contribution in [-0.4, -0.2) is 29.9 Å². The Morgan fingerprint density at radius 2 is 1.58 bits per heavy atom. The molecule has 0 aromatic carbocycles. The van der Waals surface area contributed by atoms with Crippen LogP contribution < -0.4 is 5.32 Å². The molecule has 0 aliphatic heterocycles. The fourth-order valence-corrected chi connectivity index (χ4v) is 2.74. The van der Waals surface area contributed by atoms with Gasteiger partial charge in [0.2, 0.25) is 5.95 Å². The van der Waals surface area contributed by atoms with Crippen molar-refractivity contribution in [1.29, 1.82) is 5.26 Å². The number of hydrogen-bond acceptors (Lipinski definition) is 8. The van der Waals surface area contributed by atoms with Crippen molar-refractivity contribution in [1.82, 2.24) is 29.9 Å². The summed E-state index contributed by atoms with van der Waals surface area (Å²) in [7, 11) is 0. The average Bonchev–Trinajstić information content (AvgIpc) is 2.77. The van der Waals surface area contributed by atoms with E-state index in [0.29, 0.717) is 18.5 Å². The molecule has 4 rings (SSSR count). The summed E-state index contributed by atoms with van der Waals surface area (Å²) < 4.78 is 78.4. The van der Waals surface area contributed by atoms with Crippen molar-refractivity contribution in [3.8, 4) is 17.5 Å². The van der Waals surface area contributed by atoms with Crippen LogP contribution in [0.25, 0.3) is 22.6 Å². The molecule has 8 nitrogen and oxygen atoms in total. The number of alkyl halides is 6. The third kappa shape index (κ3) is 4.47. The number of fused-ring (bicyclic) bond motifs is 1. The molecule has 0 spiro atoms. The Bertz CT molecular complexity index is 1380. The van der Waals surface area contributed by atoms with E-state index >= 15 is 0 Å². The first-order valence-electron chi connectivity index (χ1n) is 8.82. The van der Waals surface area contributed by atoms with Crippen molar-refractivity contribution in [2.24, 2.45) is 0 Å². The molecule has 0 atom stereocenters. The van der Waals surface area contributed by atoms with Gasteiger partial charge in [-0.25, -0.2) is 24.9 Å². The maximum absolute atomic E-state index is 13.5. The molecule has 0 aliphatic rings. The molecule has 0 unspecified atom stereocenters. The second-order valence-electron chi connectivity index (χ2n) is 6.43. The third-order valence-electron chi connectivity index (χ3n) is 4.24. The Morgan fingerprint density at radius 1 is 0.848 bits per heavy atom. The van der Waals surface area contributed by atoms with Gasteiger partial charge in [-0.05, 0) is 12.1 Å². The van der Waals surface area contributed by atoms with Crippen molar-refractivity contribution in [3.05, 3.63) is 59.8 Å². The number of halogens is 6. The highest BCUT2D eigenvalue weighted by Crippen LogP contribution is 2.36. The second kappa shape index (κ2) is 7.93. The van der Waals surface area contributed by atoms with E-state index < -0.39 is 29.2 Å². The lowest BCUT2D eigenvalue weighted by Crippen LogP contribution is -2.10. The van der Waals surface area contributed by atoms with Crippen molar-refractivity contribution in [3.63, 3.8) is 0 Å². The summed E-state index contributed by atoms with van der Waals surface area (Å²) in [6.07, 6.45) is -4.93. The highest BCUT2D eigenvalue weighted by atomic mass is 19.4. The standard InChI is InChI=1S/C19H8F6N8/c20-18(21,22)10-6-30-17(31-7-10)33-12-1-2-27-16-15(12)29-8-13(32-16)14-11(19(23,24)25)3-9(4-26)5-28-14/h1-3,5-8H,(H,27,30,31,32,33). The topological polar surface area (TPSA) is 113 Å². The van der Waals surface area contributed by atoms with Crippen molar-refractivity contribution in [2.75, 3.05) is 5.32 Å². The Kier molecular flexibility index (Phi) is 5.24. The predicted molar refractivity (Wildman–Crippen MR) is 101 cm³/mol. The number of pyridine rings is 2. The van der Waals surface area contributed by atoms with Crippen LogP contribution in [0.15, 0.2) is 43.1 Å². The molecule has 1 N–H and O–H groups in total. The molecule has 0 fully saturated rings. The van der Waals surface area contributed by atoms with E-state index in [2.05, 4.69) is 35.2 Å². The predicted octanol–water partition coefficient (Wildman–Crippen LogP) is 4.53. The molecule has 0 bridgehead atoms. The smallest absolute Gasteiger partial charge is 0.322 e. The van der Waals surface area contributed by atoms with Crippen LogP contribution in [-0.2, 0) is 12.4 Å². The Balaban J connectivity index is 1.72. The van der Waals surface area contributed by atoms with Crippen molar-refractivity contribution in [2.45, 2.75) is 12.4 Å². The van der Waals surface area contributed by atoms with Crippen LogP contribution in [0.1, 0.15) is 16.7 Å². The SMILES string of the molecule is N#Cc1cnc(-c2cnc3c(Nc4ncc(C(F)(F)F)cn4)ccnc3n2)c(C(F)(F)F)c1. The van der Waals surface area contributed by atoms with E-state index in [1.54, 1.807) is 6.07 Å². The molecule has 4 heterocycles. The van der Waals surface area contributed by atoms with E-state index in [-0.39, 0.29) is 34.1 Å². The van der Waals surface area contributed by atoms with Gasteiger partial charge in [-0.1, -0.05) is 0 Å². The number of hydrogen-bond donors (Lipinski definition) is 1. The summed E-state index contributed by atoms with van der Waals surface area (Å²) >= 11 is 0. The van der Waals surface area contributed by atoms with Gasteiger partial charge in [0, 0.05) is 24.8 Å². The number of nitriles is 1. The molecule has 14 heteroatoms. The van der Waals surface area contributed by atoms with E-state index in [9.17, 15) is 26.3 Å². The quantitative estimate of drug-likeness (QED) is 0.442. The van der Waals surface area contributed by atoms with Gasteiger partial charge in [0.15, 0.2) is 5.65 Å². The summed E-state index contributed by atoms with van der Waals surface area (Å²) in [4.78, 5) is 23.0. The summed E-state index contributed by atoms with van der Waals surface area (Å²) in [5.41, 5.74) is -3.01. The molecule has 33 heavy (non-hydrogen) atoms. The zero-order valence-electron chi connectivity index (χ0n) is 15.9. The second-order valence-corrected chi connectivity index (χ2v) is 6.43. The van der Waals surface area contributed by atoms with Crippen LogP contribution in [0, 0.1) is 11.3 Å². The number of rotatable bonds is 3. The van der Waals surface area contributed by atoms with E-state index in [0.717, 1.165) is 12.4 Å². The number of nitrogens with one attached hydrogen (secondary N) is 1. The maximum Gasteiger partial charge on any atom is 0.419 e. The first-order chi connectivity index (χ1) is 15.6. The van der Waals surface area contributed by atoms with E-state index in [1.165, 1.54) is 12.3 Å². The first kappa shape index (κ1) is 21.8. The van der Waals surface area contributed by atoms with Crippen LogP contribution in [0.4, 0.5) is 38.0 Å². The summed E-state index contributed by atoms with van der Waals surface area (Å²) in [6.45, 7) is 0. The lowest BCUT2D eigenvalue weighted by molar-refractivity contribution is -0.138. The Hall–Kier alpha value is -4.41. The molecule has 4 aromatic rings. The summed E-state index contributed by atoms with van der Waals surface area (Å²) in [5.74, 6) is -0.172. The van der Waals surface area contributed by atoms with Gasteiger partial charge in [-0.15, -0.1) is 0 Å². The van der Waals surface area contributed by atoms with Crippen LogP contribution in [0.2, 0.25) is 0 Å². The zero-order chi connectivity index (χ0) is 23.8. The van der Waals surface area contributed by atoms with Crippen molar-refractivity contribution >= 4 is 22.8 Å². The zero-order valence-corrected chi connectivity index (χ0v) is 15.9. The number of anilines is 2. The molecule has 0 saturated carbocycles. The fraction of sp³-hybridized carbons (Fsp3) is 0.105. The van der Waals surface area contributed by atoms with Gasteiger partial charge < -0.3 is 5.32 Å². The third-order valence-corrected chi connectivity index (χ3v) is 4.24. The minimum absolute atomic E-state index is 0.0660. The monoisotopic (exact) mass is 462 g/mol. The van der Waals surface area contributed by atoms with Gasteiger partial charge >= 0.3 is 12.4 Å². The van der Waals surface area contributed by atoms with E-state index in [1.807, 2.05) is 0 Å². The van der Waals surface area contributed by atoms with Crippen molar-refractivity contribution < 1.29 is 26.3 Å². The lowest BCUT2D eigenvalue weighted by atomic mass is 10.1. The molecule has 4 aromatic heterocycles. The highest BCUT2D eigenvalue weighted by molar-refractivity contribution is 5.87. The molecular weight excluding hydrogens is 454 g/mol. The number of aromatic nitrogens is 6. The normalized spacial score (nSPS) is 11.9. The van der Waals surface area contributed by atoms with Gasteiger partial charge in [-0.2, -0.15) is 31.6 Å². The summed E-state index contributed by atoms with van der Waals surface area (Å²) in [6, 6.07) is 3.67. The Labute approximate surface area is 180 Å². The Morgan fingerprint density at radius 3 is 2.21 bits per heavy atom. The largest absolute Gasteiger partial charge is 0.419 e. The van der Waals surface area contributed by atoms with Gasteiger partial charge in [0.25, 0.3) is 0 Å². The lowest BCUT2D eigenvalue weighted by Gasteiger charge is -2.12. The minimum atomic E-state index is -4.80. The molecule has 0 radical (unpaired) electrons. The minimum Gasteiger partial charge on any atom is -0.322 e. The maximum atomic E-state index is 13.5. The summed E-state index contributed by atoms with van der Waals surface area (Å²) in [5, 5.41) is 11.5. The average molecular weight is 462 g/mol. The highest BCUT2D eigenvalue weighted by Gasteiger charge is 2.35. The molecular formula is C19H8F6N8. The van der Waals surface area contributed by atoms with Gasteiger partial charge in [0.05, 0.1) is 28.6 Å². The molecule has 0 aliphatic carbocycles. The number of nitrogens with zero attached hydrogens (tertiary/aromatic N) is 7. The van der Waals surface area contributed by atoms with Crippen LogP contribution in [0.5, 0.6) is 0 Å². The molecule has 166 valence electrons. The van der Waals surface area contributed by atoms with Gasteiger partial charge in [-0.3, -0.25) is 4.98 Å². The molecule has 0 saturated heterocycles. The molecule has 0 amide bonds. The van der Waals surface area contributed by atoms with Crippen LogP contribution >= 0.6 is 0 Å². The first-order valence-corrected chi connectivity index (χ1v) is 8.82. The fourth-order valence-electron chi connectivity index (χ4n) is 2.74. The van der Waals surface area contributed by atoms with E-state index in [4.69, 9.17) is 5.26 Å². The van der Waals surface area contributed by atoms with Crippen LogP contribution in [0.3, 0.4) is 0 Å². The van der Waals surface area contributed by atoms with Gasteiger partial charge in [0.1, 0.15) is 23.0 Å².